The second-order valence-corrected chi connectivity index (χ2v) is 4.05. The van der Waals surface area contributed by atoms with Gasteiger partial charge in [-0.05, 0) is 5.92 Å². The molecule has 1 aliphatic heterocycles. The highest BCUT2D eigenvalue weighted by molar-refractivity contribution is 6.00. The summed E-state index contributed by atoms with van der Waals surface area (Å²) in [7, 11) is 5.47. The highest BCUT2D eigenvalue weighted by Crippen LogP contribution is 2.10. The van der Waals surface area contributed by atoms with Crippen LogP contribution in [0.15, 0.2) is 5.10 Å². The second-order valence-electron chi connectivity index (χ2n) is 4.05. The van der Waals surface area contributed by atoms with Gasteiger partial charge in [-0.2, -0.15) is 0 Å². The van der Waals surface area contributed by atoms with Crippen LogP contribution in [0.3, 0.4) is 0 Å². The average molecular weight is 198 g/mol. The van der Waals surface area contributed by atoms with E-state index < -0.39 is 0 Å². The molecule has 1 aliphatic rings. The van der Waals surface area contributed by atoms with Crippen LogP contribution >= 0.6 is 0 Å². The Bertz CT molecular complexity index is 260. The zero-order valence-corrected chi connectivity index (χ0v) is 9.40. The Hall–Kier alpha value is -1.26. The summed E-state index contributed by atoms with van der Waals surface area (Å²) in [6.45, 7) is 4.00. The van der Waals surface area contributed by atoms with Crippen LogP contribution in [0, 0.1) is 5.92 Å². The number of hydrazone groups is 1. The number of nitrogens with zero attached hydrogens (tertiary/aromatic N) is 3. The van der Waals surface area contributed by atoms with Crippen LogP contribution in [0.1, 0.15) is 13.8 Å². The first-order valence-corrected chi connectivity index (χ1v) is 4.73. The molecule has 1 rings (SSSR count). The monoisotopic (exact) mass is 198 g/mol. The molecule has 0 radical (unpaired) electrons. The number of amides is 1. The van der Waals surface area contributed by atoms with E-state index in [1.807, 2.05) is 27.9 Å². The van der Waals surface area contributed by atoms with Crippen molar-refractivity contribution in [3.05, 3.63) is 0 Å². The maximum Gasteiger partial charge on any atom is 0.253 e. The lowest BCUT2D eigenvalue weighted by atomic mass is 10.0. The molecule has 5 nitrogen and oxygen atoms in total. The molecule has 1 amide bonds. The molecule has 0 aliphatic carbocycles. The van der Waals surface area contributed by atoms with E-state index in [9.17, 15) is 4.79 Å². The van der Waals surface area contributed by atoms with Gasteiger partial charge in [-0.1, -0.05) is 13.8 Å². The minimum atomic E-state index is -0.205. The van der Waals surface area contributed by atoms with E-state index in [0.29, 0.717) is 5.96 Å². The molecule has 0 bridgehead atoms. The van der Waals surface area contributed by atoms with E-state index in [2.05, 4.69) is 10.5 Å². The number of carbonyl (C=O) groups excluding carboxylic acids is 1. The smallest absolute Gasteiger partial charge is 0.253 e. The summed E-state index contributed by atoms with van der Waals surface area (Å²) in [5, 5.41) is 4.16. The summed E-state index contributed by atoms with van der Waals surface area (Å²) in [4.78, 5) is 15.2. The minimum Gasteiger partial charge on any atom is -0.347 e. The third-order valence-electron chi connectivity index (χ3n) is 2.27. The average Bonchev–Trinajstić information content (AvgIpc) is 2.08. The zero-order valence-electron chi connectivity index (χ0n) is 9.40. The Labute approximate surface area is 84.7 Å². The Kier molecular flexibility index (Phi) is 2.98. The van der Waals surface area contributed by atoms with Crippen molar-refractivity contribution in [1.29, 1.82) is 0 Å². The van der Waals surface area contributed by atoms with Gasteiger partial charge in [0.05, 0.1) is 0 Å². The minimum absolute atomic E-state index is 0.0682. The maximum atomic E-state index is 11.8. The standard InChI is InChI=1S/C9H18N4O/c1-6(2)7-8(14)13(5)9(11-10-7)12(3)4/h6-7,10H,1-5H3. The molecule has 0 fully saturated rings. The number of carbonyl (C=O) groups is 1. The van der Waals surface area contributed by atoms with E-state index in [1.165, 1.54) is 0 Å². The molecular formula is C9H18N4O. The van der Waals surface area contributed by atoms with Gasteiger partial charge in [0.1, 0.15) is 6.04 Å². The van der Waals surface area contributed by atoms with Crippen LogP contribution in [0.25, 0.3) is 0 Å². The maximum absolute atomic E-state index is 11.8. The molecule has 1 atom stereocenters. The predicted octanol–water partition coefficient (Wildman–Crippen LogP) is -0.0948. The van der Waals surface area contributed by atoms with Gasteiger partial charge >= 0.3 is 0 Å². The molecule has 0 saturated carbocycles. The number of nitrogens with one attached hydrogen (secondary N) is 1. The highest BCUT2D eigenvalue weighted by Gasteiger charge is 2.31. The van der Waals surface area contributed by atoms with E-state index in [-0.39, 0.29) is 17.9 Å². The summed E-state index contributed by atoms with van der Waals surface area (Å²) in [6.07, 6.45) is 0. The van der Waals surface area contributed by atoms with Gasteiger partial charge in [-0.15, -0.1) is 5.10 Å². The summed E-state index contributed by atoms with van der Waals surface area (Å²) in [6, 6.07) is -0.205. The molecule has 1 N–H and O–H groups in total. The zero-order chi connectivity index (χ0) is 10.9. The largest absolute Gasteiger partial charge is 0.347 e. The van der Waals surface area contributed by atoms with E-state index in [0.717, 1.165) is 0 Å². The topological polar surface area (TPSA) is 47.9 Å². The molecule has 0 saturated heterocycles. The third-order valence-corrected chi connectivity index (χ3v) is 2.27. The van der Waals surface area contributed by atoms with Gasteiger partial charge in [0, 0.05) is 21.1 Å². The number of guanidine groups is 1. The molecule has 0 aromatic heterocycles. The van der Waals surface area contributed by atoms with Crippen molar-refractivity contribution in [3.8, 4) is 0 Å². The van der Waals surface area contributed by atoms with E-state index in [1.54, 1.807) is 16.8 Å². The van der Waals surface area contributed by atoms with E-state index in [4.69, 9.17) is 0 Å². The van der Waals surface area contributed by atoms with Gasteiger partial charge in [0.25, 0.3) is 5.91 Å². The van der Waals surface area contributed by atoms with E-state index >= 15 is 0 Å². The summed E-state index contributed by atoms with van der Waals surface area (Å²) in [5.41, 5.74) is 2.89. The number of hydrogen-bond acceptors (Lipinski definition) is 4. The summed E-state index contributed by atoms with van der Waals surface area (Å²) < 4.78 is 0. The third kappa shape index (κ3) is 1.81. The Morgan fingerprint density at radius 3 is 2.50 bits per heavy atom. The van der Waals surface area contributed by atoms with Crippen molar-refractivity contribution >= 4 is 11.9 Å². The molecular weight excluding hydrogens is 180 g/mol. The lowest BCUT2D eigenvalue weighted by molar-refractivity contribution is -0.131. The fraction of sp³-hybridized carbons (Fsp3) is 0.778. The molecule has 0 aromatic carbocycles. The van der Waals surface area contributed by atoms with Crippen molar-refractivity contribution in [2.75, 3.05) is 21.1 Å². The molecule has 1 heterocycles. The SMILES string of the molecule is CC(C)C1NN=C(N(C)C)N(C)C1=O. The summed E-state index contributed by atoms with van der Waals surface area (Å²) in [5.74, 6) is 0.961. The Balaban J connectivity index is 2.86. The van der Waals surface area contributed by atoms with Crippen LogP contribution in [-0.2, 0) is 4.79 Å². The van der Waals surface area contributed by atoms with Crippen molar-refractivity contribution in [2.24, 2.45) is 11.0 Å². The molecule has 1 unspecified atom stereocenters. The van der Waals surface area contributed by atoms with Crippen LogP contribution in [-0.4, -0.2) is 48.9 Å². The van der Waals surface area contributed by atoms with Gasteiger partial charge in [-0.3, -0.25) is 15.1 Å². The molecule has 0 spiro atoms. The van der Waals surface area contributed by atoms with Crippen molar-refractivity contribution < 1.29 is 4.79 Å². The second kappa shape index (κ2) is 3.86. The van der Waals surface area contributed by atoms with Crippen LogP contribution in [0.5, 0.6) is 0 Å². The van der Waals surface area contributed by atoms with Crippen LogP contribution in [0.4, 0.5) is 0 Å². The fourth-order valence-corrected chi connectivity index (χ4v) is 1.40. The van der Waals surface area contributed by atoms with Crippen LogP contribution < -0.4 is 5.43 Å². The molecule has 14 heavy (non-hydrogen) atoms. The van der Waals surface area contributed by atoms with Crippen molar-refractivity contribution in [1.82, 2.24) is 15.2 Å². The normalized spacial score (nSPS) is 22.1. The molecule has 0 aromatic rings. The Morgan fingerprint density at radius 1 is 1.50 bits per heavy atom. The first-order valence-electron chi connectivity index (χ1n) is 4.73. The van der Waals surface area contributed by atoms with Gasteiger partial charge in [0.2, 0.25) is 5.96 Å². The first kappa shape index (κ1) is 10.8. The predicted molar refractivity (Wildman–Crippen MR) is 55.7 cm³/mol. The van der Waals surface area contributed by atoms with Crippen molar-refractivity contribution in [2.45, 2.75) is 19.9 Å². The van der Waals surface area contributed by atoms with Gasteiger partial charge in [0.15, 0.2) is 0 Å². The quantitative estimate of drug-likeness (QED) is 0.640. The van der Waals surface area contributed by atoms with Crippen molar-refractivity contribution in [3.63, 3.8) is 0 Å². The number of likely N-dealkylation sites (N-methyl/N-ethyl adjacent to an activating group) is 1. The highest BCUT2D eigenvalue weighted by atomic mass is 16.2. The van der Waals surface area contributed by atoms with Crippen LogP contribution in [0.2, 0.25) is 0 Å². The lowest BCUT2D eigenvalue weighted by Gasteiger charge is -2.33. The summed E-state index contributed by atoms with van der Waals surface area (Å²) >= 11 is 0. The molecule has 80 valence electrons. The van der Waals surface area contributed by atoms with Gasteiger partial charge < -0.3 is 4.90 Å². The van der Waals surface area contributed by atoms with Gasteiger partial charge in [-0.25, -0.2) is 0 Å². The molecule has 5 heteroatoms. The first-order chi connectivity index (χ1) is 6.45. The Morgan fingerprint density at radius 2 is 2.07 bits per heavy atom. The number of rotatable bonds is 1. The number of hydrogen-bond donors (Lipinski definition) is 1. The lowest BCUT2D eigenvalue weighted by Crippen LogP contribution is -2.56. The fourth-order valence-electron chi connectivity index (χ4n) is 1.40.